The Morgan fingerprint density at radius 2 is 2.00 bits per heavy atom. The molecule has 1 aromatic heterocycles. The number of amides is 1. The van der Waals surface area contributed by atoms with Crippen molar-refractivity contribution in [2.45, 2.75) is 6.92 Å². The van der Waals surface area contributed by atoms with E-state index in [1.165, 1.54) is 0 Å². The fourth-order valence-corrected chi connectivity index (χ4v) is 2.15. The number of hydrogen-bond donors (Lipinski definition) is 2. The van der Waals surface area contributed by atoms with Crippen LogP contribution in [0.1, 0.15) is 16.1 Å². The van der Waals surface area contributed by atoms with Crippen LogP contribution in [0.5, 0.6) is 0 Å². The van der Waals surface area contributed by atoms with Gasteiger partial charge in [0.25, 0.3) is 5.91 Å². The van der Waals surface area contributed by atoms with E-state index in [4.69, 9.17) is 17.3 Å². The molecule has 0 saturated heterocycles. The highest BCUT2D eigenvalue weighted by atomic mass is 35.5. The zero-order valence-corrected chi connectivity index (χ0v) is 12.9. The van der Waals surface area contributed by atoms with Crippen molar-refractivity contribution in [1.82, 2.24) is 4.98 Å². The predicted octanol–water partition coefficient (Wildman–Crippen LogP) is 2.94. The lowest BCUT2D eigenvalue weighted by molar-refractivity contribution is 0.102. The molecule has 0 spiro atoms. The third kappa shape index (κ3) is 3.44. The number of aromatic nitrogens is 1. The largest absolute Gasteiger partial charge is 0.397 e. The Labute approximate surface area is 128 Å². The second kappa shape index (κ2) is 6.01. The second-order valence-corrected chi connectivity index (χ2v) is 5.28. The van der Waals surface area contributed by atoms with Crippen LogP contribution in [-0.4, -0.2) is 25.0 Å². The van der Waals surface area contributed by atoms with Crippen molar-refractivity contribution in [3.8, 4) is 0 Å². The molecule has 1 aromatic carbocycles. The van der Waals surface area contributed by atoms with E-state index in [9.17, 15) is 4.79 Å². The van der Waals surface area contributed by atoms with Gasteiger partial charge in [-0.15, -0.1) is 0 Å². The predicted molar refractivity (Wildman–Crippen MR) is 87.1 cm³/mol. The third-order valence-electron chi connectivity index (χ3n) is 3.07. The van der Waals surface area contributed by atoms with Gasteiger partial charge in [0.1, 0.15) is 5.15 Å². The third-order valence-corrected chi connectivity index (χ3v) is 3.28. The van der Waals surface area contributed by atoms with Crippen LogP contribution >= 0.6 is 11.6 Å². The molecule has 0 radical (unpaired) electrons. The number of anilines is 3. The SMILES string of the molecule is Cc1nc(Cl)ccc1NC(=O)c1ccc(N(C)C)c(N)c1. The van der Waals surface area contributed by atoms with Gasteiger partial charge in [0, 0.05) is 19.7 Å². The standard InChI is InChI=1S/C15H17ClN4O/c1-9-12(5-7-14(16)18-9)19-15(21)10-4-6-13(20(2)3)11(17)8-10/h4-8H,17H2,1-3H3,(H,19,21). The van der Waals surface area contributed by atoms with Crippen LogP contribution in [-0.2, 0) is 0 Å². The van der Waals surface area contributed by atoms with Crippen LogP contribution < -0.4 is 16.0 Å². The fraction of sp³-hybridized carbons (Fsp3) is 0.200. The van der Waals surface area contributed by atoms with E-state index in [0.717, 1.165) is 5.69 Å². The molecule has 0 saturated carbocycles. The Kier molecular flexibility index (Phi) is 4.33. The summed E-state index contributed by atoms with van der Waals surface area (Å²) in [5, 5.41) is 3.19. The average molecular weight is 305 g/mol. The summed E-state index contributed by atoms with van der Waals surface area (Å²) in [5.41, 5.74) is 9.16. The van der Waals surface area contributed by atoms with Gasteiger partial charge in [-0.1, -0.05) is 11.6 Å². The summed E-state index contributed by atoms with van der Waals surface area (Å²) in [5.74, 6) is -0.237. The molecule has 2 rings (SSSR count). The van der Waals surface area contributed by atoms with Crippen molar-refractivity contribution in [2.75, 3.05) is 30.0 Å². The first kappa shape index (κ1) is 15.1. The van der Waals surface area contributed by atoms with E-state index in [-0.39, 0.29) is 5.91 Å². The Morgan fingerprint density at radius 3 is 2.57 bits per heavy atom. The summed E-state index contributed by atoms with van der Waals surface area (Å²) in [7, 11) is 3.79. The number of carbonyl (C=O) groups is 1. The van der Waals surface area contributed by atoms with E-state index in [0.29, 0.717) is 27.8 Å². The molecule has 5 nitrogen and oxygen atoms in total. The lowest BCUT2D eigenvalue weighted by Crippen LogP contribution is -2.15. The number of hydrogen-bond acceptors (Lipinski definition) is 4. The lowest BCUT2D eigenvalue weighted by Gasteiger charge is -2.16. The lowest BCUT2D eigenvalue weighted by atomic mass is 10.1. The van der Waals surface area contributed by atoms with Crippen LogP contribution in [0.25, 0.3) is 0 Å². The van der Waals surface area contributed by atoms with E-state index in [1.807, 2.05) is 25.1 Å². The molecular weight excluding hydrogens is 288 g/mol. The Hall–Kier alpha value is -2.27. The first-order valence-electron chi connectivity index (χ1n) is 6.40. The molecule has 0 aliphatic carbocycles. The monoisotopic (exact) mass is 304 g/mol. The zero-order chi connectivity index (χ0) is 15.6. The Morgan fingerprint density at radius 1 is 1.29 bits per heavy atom. The molecule has 21 heavy (non-hydrogen) atoms. The van der Waals surface area contributed by atoms with E-state index >= 15 is 0 Å². The summed E-state index contributed by atoms with van der Waals surface area (Å²) in [6.45, 7) is 1.78. The minimum Gasteiger partial charge on any atom is -0.397 e. The maximum Gasteiger partial charge on any atom is 0.255 e. The van der Waals surface area contributed by atoms with Gasteiger partial charge in [-0.2, -0.15) is 0 Å². The molecule has 110 valence electrons. The van der Waals surface area contributed by atoms with Crippen LogP contribution in [0.3, 0.4) is 0 Å². The molecule has 0 aliphatic heterocycles. The van der Waals surface area contributed by atoms with Gasteiger partial charge in [0.2, 0.25) is 0 Å². The van der Waals surface area contributed by atoms with Crippen molar-refractivity contribution in [1.29, 1.82) is 0 Å². The number of nitrogen functional groups attached to an aromatic ring is 1. The molecule has 3 N–H and O–H groups in total. The van der Waals surface area contributed by atoms with Crippen molar-refractivity contribution in [2.24, 2.45) is 0 Å². The van der Waals surface area contributed by atoms with Crippen LogP contribution in [0.4, 0.5) is 17.1 Å². The van der Waals surface area contributed by atoms with Crippen LogP contribution in [0, 0.1) is 6.92 Å². The molecule has 0 bridgehead atoms. The number of nitrogens with one attached hydrogen (secondary N) is 1. The van der Waals surface area contributed by atoms with Gasteiger partial charge in [-0.05, 0) is 37.3 Å². The van der Waals surface area contributed by atoms with E-state index in [2.05, 4.69) is 10.3 Å². The average Bonchev–Trinajstić information content (AvgIpc) is 2.41. The summed E-state index contributed by atoms with van der Waals surface area (Å²) < 4.78 is 0. The minimum absolute atomic E-state index is 0.237. The van der Waals surface area contributed by atoms with Gasteiger partial charge in [0.05, 0.1) is 22.8 Å². The molecule has 0 atom stereocenters. The second-order valence-electron chi connectivity index (χ2n) is 4.89. The minimum atomic E-state index is -0.237. The van der Waals surface area contributed by atoms with Gasteiger partial charge in [0.15, 0.2) is 0 Å². The molecular formula is C15H17ClN4O. The zero-order valence-electron chi connectivity index (χ0n) is 12.1. The first-order chi connectivity index (χ1) is 9.88. The van der Waals surface area contributed by atoms with Crippen molar-refractivity contribution in [3.05, 3.63) is 46.7 Å². The summed E-state index contributed by atoms with van der Waals surface area (Å²) in [6.07, 6.45) is 0. The highest BCUT2D eigenvalue weighted by Crippen LogP contribution is 2.23. The molecule has 0 unspecified atom stereocenters. The number of carbonyl (C=O) groups excluding carboxylic acids is 1. The van der Waals surface area contributed by atoms with Crippen molar-refractivity contribution in [3.63, 3.8) is 0 Å². The molecule has 1 amide bonds. The normalized spacial score (nSPS) is 10.3. The van der Waals surface area contributed by atoms with Crippen molar-refractivity contribution < 1.29 is 4.79 Å². The topological polar surface area (TPSA) is 71.2 Å². The van der Waals surface area contributed by atoms with Gasteiger partial charge in [-0.25, -0.2) is 4.98 Å². The summed E-state index contributed by atoms with van der Waals surface area (Å²) in [4.78, 5) is 18.2. The maximum atomic E-state index is 12.2. The molecule has 1 heterocycles. The van der Waals surface area contributed by atoms with E-state index in [1.54, 1.807) is 31.2 Å². The molecule has 2 aromatic rings. The van der Waals surface area contributed by atoms with Gasteiger partial charge in [-0.3, -0.25) is 4.79 Å². The Balaban J connectivity index is 2.22. The van der Waals surface area contributed by atoms with Gasteiger partial charge >= 0.3 is 0 Å². The fourth-order valence-electron chi connectivity index (χ4n) is 1.96. The number of aryl methyl sites for hydroxylation is 1. The molecule has 6 heteroatoms. The molecule has 0 fully saturated rings. The smallest absolute Gasteiger partial charge is 0.255 e. The Bertz CT molecular complexity index is 685. The molecule has 0 aliphatic rings. The quantitative estimate of drug-likeness (QED) is 0.675. The van der Waals surface area contributed by atoms with E-state index < -0.39 is 0 Å². The first-order valence-corrected chi connectivity index (χ1v) is 6.77. The van der Waals surface area contributed by atoms with Gasteiger partial charge < -0.3 is 16.0 Å². The number of halogens is 1. The summed E-state index contributed by atoms with van der Waals surface area (Å²) >= 11 is 5.79. The number of pyridine rings is 1. The highest BCUT2D eigenvalue weighted by Gasteiger charge is 2.11. The number of benzene rings is 1. The van der Waals surface area contributed by atoms with Crippen LogP contribution in [0.2, 0.25) is 5.15 Å². The van der Waals surface area contributed by atoms with Crippen molar-refractivity contribution >= 4 is 34.6 Å². The number of nitrogens with zero attached hydrogens (tertiary/aromatic N) is 2. The maximum absolute atomic E-state index is 12.2. The summed E-state index contributed by atoms with van der Waals surface area (Å²) in [6, 6.07) is 8.56. The highest BCUT2D eigenvalue weighted by molar-refractivity contribution is 6.29. The van der Waals surface area contributed by atoms with Crippen LogP contribution in [0.15, 0.2) is 30.3 Å². The number of nitrogens with two attached hydrogens (primary N) is 1. The number of rotatable bonds is 3.